The molecule has 0 unspecified atom stereocenters. The fourth-order valence-corrected chi connectivity index (χ4v) is 1.21. The maximum atomic E-state index is 12.4. The molecule has 0 heterocycles. The third-order valence-corrected chi connectivity index (χ3v) is 2.03. The number of benzene rings is 1. The van der Waals surface area contributed by atoms with Crippen LogP contribution in [-0.4, -0.2) is 13.2 Å². The molecule has 0 spiro atoms. The molecule has 0 fully saturated rings. The van der Waals surface area contributed by atoms with Gasteiger partial charge in [-0.25, -0.2) is 4.79 Å². The number of carbonyl (C=O) groups excluding carboxylic acids is 1. The van der Waals surface area contributed by atoms with E-state index in [2.05, 4.69) is 10.1 Å². The summed E-state index contributed by atoms with van der Waals surface area (Å²) in [5.74, 6) is 0. The highest BCUT2D eigenvalue weighted by molar-refractivity contribution is 6.31. The SMILES string of the molecule is COC(=O)Nc1ccc(Cl)c(C(F)(F)F)c1. The smallest absolute Gasteiger partial charge is 0.417 e. The van der Waals surface area contributed by atoms with Gasteiger partial charge < -0.3 is 4.74 Å². The molecular weight excluding hydrogens is 247 g/mol. The van der Waals surface area contributed by atoms with Crippen LogP contribution in [0.4, 0.5) is 23.7 Å². The lowest BCUT2D eigenvalue weighted by atomic mass is 10.2. The van der Waals surface area contributed by atoms with Crippen LogP contribution in [0.5, 0.6) is 0 Å². The molecular formula is C9H7ClF3NO2. The minimum Gasteiger partial charge on any atom is -0.453 e. The number of hydrogen-bond acceptors (Lipinski definition) is 2. The Balaban J connectivity index is 3.03. The minimum absolute atomic E-state index is 0.0384. The number of hydrogen-bond donors (Lipinski definition) is 1. The van der Waals surface area contributed by atoms with E-state index in [4.69, 9.17) is 11.6 Å². The summed E-state index contributed by atoms with van der Waals surface area (Å²) in [6.45, 7) is 0. The average Bonchev–Trinajstić information content (AvgIpc) is 2.19. The molecule has 16 heavy (non-hydrogen) atoms. The van der Waals surface area contributed by atoms with Crippen molar-refractivity contribution in [1.82, 2.24) is 0 Å². The van der Waals surface area contributed by atoms with Crippen LogP contribution in [0.2, 0.25) is 5.02 Å². The number of anilines is 1. The number of methoxy groups -OCH3 is 1. The van der Waals surface area contributed by atoms with Crippen molar-refractivity contribution in [2.45, 2.75) is 6.18 Å². The minimum atomic E-state index is -4.56. The summed E-state index contributed by atoms with van der Waals surface area (Å²) in [6, 6.07) is 3.03. The van der Waals surface area contributed by atoms with Crippen LogP contribution in [0.3, 0.4) is 0 Å². The van der Waals surface area contributed by atoms with E-state index in [1.165, 1.54) is 6.07 Å². The summed E-state index contributed by atoms with van der Waals surface area (Å²) in [5, 5.41) is 1.68. The lowest BCUT2D eigenvalue weighted by Crippen LogP contribution is -2.12. The molecule has 7 heteroatoms. The van der Waals surface area contributed by atoms with E-state index in [-0.39, 0.29) is 5.69 Å². The monoisotopic (exact) mass is 253 g/mol. The maximum Gasteiger partial charge on any atom is 0.417 e. The van der Waals surface area contributed by atoms with Gasteiger partial charge >= 0.3 is 12.3 Å². The second-order valence-electron chi connectivity index (χ2n) is 2.81. The lowest BCUT2D eigenvalue weighted by Gasteiger charge is -2.11. The van der Waals surface area contributed by atoms with Crippen molar-refractivity contribution < 1.29 is 22.7 Å². The zero-order chi connectivity index (χ0) is 12.3. The topological polar surface area (TPSA) is 38.3 Å². The zero-order valence-electron chi connectivity index (χ0n) is 8.06. The van der Waals surface area contributed by atoms with E-state index in [9.17, 15) is 18.0 Å². The van der Waals surface area contributed by atoms with Gasteiger partial charge in [0.25, 0.3) is 0 Å². The second-order valence-corrected chi connectivity index (χ2v) is 3.22. The average molecular weight is 254 g/mol. The molecule has 0 aliphatic rings. The van der Waals surface area contributed by atoms with Crippen molar-refractivity contribution in [3.05, 3.63) is 28.8 Å². The van der Waals surface area contributed by atoms with Crippen LogP contribution in [-0.2, 0) is 10.9 Å². The number of carbonyl (C=O) groups is 1. The molecule has 1 aromatic carbocycles. The van der Waals surface area contributed by atoms with Crippen LogP contribution in [0.1, 0.15) is 5.56 Å². The third-order valence-electron chi connectivity index (χ3n) is 1.70. The standard InChI is InChI=1S/C9H7ClF3NO2/c1-16-8(15)14-5-2-3-7(10)6(4-5)9(11,12)13/h2-4H,1H3,(H,14,15). The van der Waals surface area contributed by atoms with Crippen molar-refractivity contribution in [3.8, 4) is 0 Å². The summed E-state index contributed by atoms with van der Waals surface area (Å²) in [5.41, 5.74) is -1.05. The van der Waals surface area contributed by atoms with Crippen molar-refractivity contribution in [2.75, 3.05) is 12.4 Å². The van der Waals surface area contributed by atoms with Gasteiger partial charge in [-0.3, -0.25) is 5.32 Å². The number of alkyl halides is 3. The Kier molecular flexibility index (Phi) is 3.64. The highest BCUT2D eigenvalue weighted by Gasteiger charge is 2.33. The molecule has 0 bridgehead atoms. The molecule has 0 radical (unpaired) electrons. The number of rotatable bonds is 1. The molecule has 3 nitrogen and oxygen atoms in total. The Morgan fingerprint density at radius 2 is 2.06 bits per heavy atom. The van der Waals surface area contributed by atoms with Gasteiger partial charge in [-0.05, 0) is 18.2 Å². The predicted molar refractivity (Wildman–Crippen MR) is 52.5 cm³/mol. The van der Waals surface area contributed by atoms with Crippen LogP contribution >= 0.6 is 11.6 Å². The van der Waals surface area contributed by atoms with E-state index < -0.39 is 22.9 Å². The number of halogens is 4. The van der Waals surface area contributed by atoms with Gasteiger partial charge in [0.15, 0.2) is 0 Å². The number of amides is 1. The molecule has 0 saturated heterocycles. The summed E-state index contributed by atoms with van der Waals surface area (Å²) in [7, 11) is 1.11. The summed E-state index contributed by atoms with van der Waals surface area (Å²) < 4.78 is 41.5. The van der Waals surface area contributed by atoms with Gasteiger partial charge in [0.05, 0.1) is 17.7 Å². The molecule has 0 aliphatic heterocycles. The fourth-order valence-electron chi connectivity index (χ4n) is 0.989. The van der Waals surface area contributed by atoms with Gasteiger partial charge in [-0.15, -0.1) is 0 Å². The maximum absolute atomic E-state index is 12.4. The summed E-state index contributed by atoms with van der Waals surface area (Å²) in [6.07, 6.45) is -5.42. The van der Waals surface area contributed by atoms with E-state index in [0.29, 0.717) is 0 Å². The zero-order valence-corrected chi connectivity index (χ0v) is 8.82. The van der Waals surface area contributed by atoms with E-state index in [1.54, 1.807) is 0 Å². The highest BCUT2D eigenvalue weighted by Crippen LogP contribution is 2.36. The van der Waals surface area contributed by atoms with Gasteiger partial charge in [0.1, 0.15) is 0 Å². The second kappa shape index (κ2) is 4.61. The van der Waals surface area contributed by atoms with Crippen LogP contribution in [0.25, 0.3) is 0 Å². The highest BCUT2D eigenvalue weighted by atomic mass is 35.5. The van der Waals surface area contributed by atoms with Gasteiger partial charge in [-0.1, -0.05) is 11.6 Å². The normalized spacial score (nSPS) is 11.1. The fraction of sp³-hybridized carbons (Fsp3) is 0.222. The number of nitrogens with one attached hydrogen (secondary N) is 1. The predicted octanol–water partition coefficient (Wildman–Crippen LogP) is 3.54. The Morgan fingerprint density at radius 3 is 2.56 bits per heavy atom. The Labute approximate surface area is 94.2 Å². The van der Waals surface area contributed by atoms with Crippen LogP contribution < -0.4 is 5.32 Å². The molecule has 0 saturated carbocycles. The quantitative estimate of drug-likeness (QED) is 0.831. The summed E-state index contributed by atoms with van der Waals surface area (Å²) in [4.78, 5) is 10.8. The Morgan fingerprint density at radius 1 is 1.44 bits per heavy atom. The molecule has 0 atom stereocenters. The molecule has 0 aromatic heterocycles. The first-order chi connectivity index (χ1) is 7.34. The van der Waals surface area contributed by atoms with Crippen LogP contribution in [0, 0.1) is 0 Å². The van der Waals surface area contributed by atoms with Gasteiger partial charge in [-0.2, -0.15) is 13.2 Å². The molecule has 1 N–H and O–H groups in total. The third kappa shape index (κ3) is 3.03. The molecule has 1 rings (SSSR count). The first-order valence-corrected chi connectivity index (χ1v) is 4.44. The number of ether oxygens (including phenoxy) is 1. The van der Waals surface area contributed by atoms with Crippen molar-refractivity contribution in [1.29, 1.82) is 0 Å². The van der Waals surface area contributed by atoms with E-state index in [0.717, 1.165) is 19.2 Å². The summed E-state index contributed by atoms with van der Waals surface area (Å²) >= 11 is 5.39. The molecule has 88 valence electrons. The lowest BCUT2D eigenvalue weighted by molar-refractivity contribution is -0.137. The van der Waals surface area contributed by atoms with Gasteiger partial charge in [0.2, 0.25) is 0 Å². The first kappa shape index (κ1) is 12.6. The largest absolute Gasteiger partial charge is 0.453 e. The first-order valence-electron chi connectivity index (χ1n) is 4.06. The van der Waals surface area contributed by atoms with Crippen LogP contribution in [0.15, 0.2) is 18.2 Å². The van der Waals surface area contributed by atoms with Crippen molar-refractivity contribution >= 4 is 23.4 Å². The Hall–Kier alpha value is -1.43. The molecule has 1 amide bonds. The van der Waals surface area contributed by atoms with Crippen molar-refractivity contribution in [3.63, 3.8) is 0 Å². The molecule has 1 aromatic rings. The van der Waals surface area contributed by atoms with E-state index in [1.807, 2.05) is 0 Å². The van der Waals surface area contributed by atoms with Gasteiger partial charge in [0, 0.05) is 5.69 Å². The molecule has 0 aliphatic carbocycles. The Bertz CT molecular complexity index is 406. The van der Waals surface area contributed by atoms with E-state index >= 15 is 0 Å². The van der Waals surface area contributed by atoms with Crippen molar-refractivity contribution in [2.24, 2.45) is 0 Å².